The van der Waals surface area contributed by atoms with Crippen LogP contribution in [0.5, 0.6) is 0 Å². The number of carbonyl (C=O) groups is 1. The molecule has 0 spiro atoms. The first-order valence-electron chi connectivity index (χ1n) is 7.79. The van der Waals surface area contributed by atoms with Crippen molar-refractivity contribution >= 4 is 28.5 Å². The Morgan fingerprint density at radius 3 is 2.71 bits per heavy atom. The second-order valence-corrected chi connectivity index (χ2v) is 6.32. The van der Waals surface area contributed by atoms with E-state index >= 15 is 0 Å². The average molecular weight is 323 g/mol. The molecule has 7 heteroatoms. The van der Waals surface area contributed by atoms with Crippen LogP contribution in [0.4, 0.5) is 11.5 Å². The molecule has 0 atom stereocenters. The summed E-state index contributed by atoms with van der Waals surface area (Å²) in [5, 5.41) is 6.87. The SMILES string of the molecule is Cc1nc(NC2(C)CC2)c2c(C(=O)Nc3ccncc3)coc2n1. The number of pyridine rings is 1. The zero-order chi connectivity index (χ0) is 16.7. The van der Waals surface area contributed by atoms with Crippen LogP contribution in [0.1, 0.15) is 35.9 Å². The third-order valence-electron chi connectivity index (χ3n) is 4.15. The predicted molar refractivity (Wildman–Crippen MR) is 90.0 cm³/mol. The first-order valence-corrected chi connectivity index (χ1v) is 7.79. The number of amides is 1. The number of aryl methyl sites for hydroxylation is 1. The molecule has 1 aliphatic rings. The van der Waals surface area contributed by atoms with Gasteiger partial charge < -0.3 is 15.1 Å². The zero-order valence-electron chi connectivity index (χ0n) is 13.5. The standard InChI is InChI=1S/C17H17N5O2/c1-10-19-14(22-17(2)5-6-17)13-12(9-24-16(13)20-10)15(23)21-11-3-7-18-8-4-11/h3-4,7-9H,5-6H2,1-2H3,(H,18,21,23)(H,19,20,22). The van der Waals surface area contributed by atoms with Gasteiger partial charge in [0.05, 0.1) is 10.9 Å². The van der Waals surface area contributed by atoms with Crippen molar-refractivity contribution < 1.29 is 9.21 Å². The maximum atomic E-state index is 12.6. The lowest BCUT2D eigenvalue weighted by atomic mass is 10.2. The number of aromatic nitrogens is 3. The monoisotopic (exact) mass is 323 g/mol. The summed E-state index contributed by atoms with van der Waals surface area (Å²) < 4.78 is 5.50. The van der Waals surface area contributed by atoms with Gasteiger partial charge >= 0.3 is 0 Å². The van der Waals surface area contributed by atoms with Gasteiger partial charge in [0.15, 0.2) is 0 Å². The Hall–Kier alpha value is -2.96. The normalized spacial score (nSPS) is 15.2. The van der Waals surface area contributed by atoms with Crippen molar-refractivity contribution in [3.05, 3.63) is 42.2 Å². The minimum atomic E-state index is -0.267. The summed E-state index contributed by atoms with van der Waals surface area (Å²) in [6.07, 6.45) is 6.82. The molecule has 3 aromatic heterocycles. The summed E-state index contributed by atoms with van der Waals surface area (Å²) in [4.78, 5) is 25.3. The highest BCUT2D eigenvalue weighted by atomic mass is 16.3. The molecular formula is C17H17N5O2. The molecule has 24 heavy (non-hydrogen) atoms. The van der Waals surface area contributed by atoms with Gasteiger partial charge in [-0.2, -0.15) is 4.98 Å². The third-order valence-corrected chi connectivity index (χ3v) is 4.15. The summed E-state index contributed by atoms with van der Waals surface area (Å²) in [5.41, 5.74) is 1.52. The number of carbonyl (C=O) groups excluding carboxylic acids is 1. The van der Waals surface area contributed by atoms with E-state index in [0.29, 0.717) is 34.0 Å². The van der Waals surface area contributed by atoms with Crippen LogP contribution in [0, 0.1) is 6.92 Å². The van der Waals surface area contributed by atoms with Gasteiger partial charge in [0.2, 0.25) is 5.71 Å². The molecule has 2 N–H and O–H groups in total. The van der Waals surface area contributed by atoms with Crippen LogP contribution in [0.25, 0.3) is 11.1 Å². The summed E-state index contributed by atoms with van der Waals surface area (Å²) >= 11 is 0. The van der Waals surface area contributed by atoms with E-state index < -0.39 is 0 Å². The maximum Gasteiger partial charge on any atom is 0.259 e. The van der Waals surface area contributed by atoms with E-state index in [9.17, 15) is 4.79 Å². The number of nitrogens with one attached hydrogen (secondary N) is 2. The number of furan rings is 1. The third kappa shape index (κ3) is 2.68. The minimum Gasteiger partial charge on any atom is -0.445 e. The summed E-state index contributed by atoms with van der Waals surface area (Å²) in [6, 6.07) is 3.45. The molecule has 3 aromatic rings. The fourth-order valence-electron chi connectivity index (χ4n) is 2.54. The molecule has 0 aromatic carbocycles. The van der Waals surface area contributed by atoms with Crippen LogP contribution in [0.2, 0.25) is 0 Å². The highest BCUT2D eigenvalue weighted by Gasteiger charge is 2.38. The zero-order valence-corrected chi connectivity index (χ0v) is 13.5. The number of fused-ring (bicyclic) bond motifs is 1. The Kier molecular flexibility index (Phi) is 3.23. The largest absolute Gasteiger partial charge is 0.445 e. The lowest BCUT2D eigenvalue weighted by Crippen LogP contribution is -2.19. The molecule has 0 radical (unpaired) electrons. The number of anilines is 2. The highest BCUT2D eigenvalue weighted by molar-refractivity contribution is 6.14. The van der Waals surface area contributed by atoms with Gasteiger partial charge in [-0.1, -0.05) is 0 Å². The molecule has 1 saturated carbocycles. The van der Waals surface area contributed by atoms with Crippen LogP contribution >= 0.6 is 0 Å². The van der Waals surface area contributed by atoms with E-state index in [-0.39, 0.29) is 11.4 Å². The predicted octanol–water partition coefficient (Wildman–Crippen LogP) is 3.14. The number of hydrogen-bond acceptors (Lipinski definition) is 6. The lowest BCUT2D eigenvalue weighted by Gasteiger charge is -2.14. The van der Waals surface area contributed by atoms with Crippen LogP contribution in [0.15, 0.2) is 35.2 Å². The Morgan fingerprint density at radius 2 is 2.00 bits per heavy atom. The van der Waals surface area contributed by atoms with Gasteiger partial charge in [0.1, 0.15) is 17.9 Å². The van der Waals surface area contributed by atoms with Gasteiger partial charge in [-0.05, 0) is 38.8 Å². The van der Waals surface area contributed by atoms with E-state index in [1.54, 1.807) is 31.5 Å². The first-order chi connectivity index (χ1) is 11.5. The second kappa shape index (κ2) is 5.30. The maximum absolute atomic E-state index is 12.6. The van der Waals surface area contributed by atoms with E-state index in [1.807, 2.05) is 0 Å². The molecule has 0 unspecified atom stereocenters. The van der Waals surface area contributed by atoms with Crippen molar-refractivity contribution in [3.8, 4) is 0 Å². The number of rotatable bonds is 4. The summed E-state index contributed by atoms with van der Waals surface area (Å²) in [6.45, 7) is 3.94. The molecule has 0 saturated heterocycles. The summed E-state index contributed by atoms with van der Waals surface area (Å²) in [7, 11) is 0. The summed E-state index contributed by atoms with van der Waals surface area (Å²) in [5.74, 6) is 0.979. The lowest BCUT2D eigenvalue weighted by molar-refractivity contribution is 0.102. The Bertz CT molecular complexity index is 915. The van der Waals surface area contributed by atoms with E-state index in [2.05, 4.69) is 32.5 Å². The molecular weight excluding hydrogens is 306 g/mol. The fourth-order valence-corrected chi connectivity index (χ4v) is 2.54. The first kappa shape index (κ1) is 14.6. The smallest absolute Gasteiger partial charge is 0.259 e. The molecule has 1 fully saturated rings. The molecule has 7 nitrogen and oxygen atoms in total. The average Bonchev–Trinajstić information content (AvgIpc) is 3.11. The van der Waals surface area contributed by atoms with Gasteiger partial charge in [0.25, 0.3) is 5.91 Å². The number of nitrogens with zero attached hydrogens (tertiary/aromatic N) is 3. The van der Waals surface area contributed by atoms with E-state index in [0.717, 1.165) is 12.8 Å². The Labute approximate surface area is 138 Å². The van der Waals surface area contributed by atoms with Gasteiger partial charge in [-0.15, -0.1) is 0 Å². The number of hydrogen-bond donors (Lipinski definition) is 2. The molecule has 122 valence electrons. The van der Waals surface area contributed by atoms with Crippen molar-refractivity contribution in [1.82, 2.24) is 15.0 Å². The van der Waals surface area contributed by atoms with E-state index in [1.165, 1.54) is 6.26 Å². The van der Waals surface area contributed by atoms with Crippen molar-refractivity contribution in [2.45, 2.75) is 32.2 Å². The molecule has 3 heterocycles. The van der Waals surface area contributed by atoms with Crippen LogP contribution in [0.3, 0.4) is 0 Å². The molecule has 1 amide bonds. The van der Waals surface area contributed by atoms with Gasteiger partial charge in [-0.3, -0.25) is 9.78 Å². The Morgan fingerprint density at radius 1 is 1.25 bits per heavy atom. The van der Waals surface area contributed by atoms with Crippen LogP contribution in [-0.4, -0.2) is 26.4 Å². The van der Waals surface area contributed by atoms with Crippen molar-refractivity contribution in [2.75, 3.05) is 10.6 Å². The molecule has 0 aliphatic heterocycles. The van der Waals surface area contributed by atoms with Gasteiger partial charge in [-0.25, -0.2) is 4.98 Å². The highest BCUT2D eigenvalue weighted by Crippen LogP contribution is 2.40. The fraction of sp³-hybridized carbons (Fsp3) is 0.294. The van der Waals surface area contributed by atoms with Crippen molar-refractivity contribution in [3.63, 3.8) is 0 Å². The Balaban J connectivity index is 1.74. The molecule has 4 rings (SSSR count). The molecule has 1 aliphatic carbocycles. The van der Waals surface area contributed by atoms with E-state index in [4.69, 9.17) is 4.42 Å². The topological polar surface area (TPSA) is 92.9 Å². The quantitative estimate of drug-likeness (QED) is 0.766. The van der Waals surface area contributed by atoms with Crippen LogP contribution in [-0.2, 0) is 0 Å². The second-order valence-electron chi connectivity index (χ2n) is 6.32. The minimum absolute atomic E-state index is 0.0316. The van der Waals surface area contributed by atoms with Crippen molar-refractivity contribution in [2.24, 2.45) is 0 Å². The molecule has 0 bridgehead atoms. The van der Waals surface area contributed by atoms with Crippen molar-refractivity contribution in [1.29, 1.82) is 0 Å². The van der Waals surface area contributed by atoms with Gasteiger partial charge in [0, 0.05) is 23.6 Å². The van der Waals surface area contributed by atoms with Crippen LogP contribution < -0.4 is 10.6 Å².